The van der Waals surface area contributed by atoms with Crippen molar-refractivity contribution in [2.24, 2.45) is 0 Å². The number of amides is 1. The fourth-order valence-corrected chi connectivity index (χ4v) is 3.37. The first kappa shape index (κ1) is 17.9. The zero-order valence-electron chi connectivity index (χ0n) is 13.3. The lowest BCUT2D eigenvalue weighted by Crippen LogP contribution is -2.28. The van der Waals surface area contributed by atoms with Gasteiger partial charge >= 0.3 is 0 Å². The summed E-state index contributed by atoms with van der Waals surface area (Å²) < 4.78 is 0. The molecule has 2 aromatic rings. The van der Waals surface area contributed by atoms with E-state index in [-0.39, 0.29) is 12.5 Å². The van der Waals surface area contributed by atoms with E-state index in [9.17, 15) is 9.90 Å². The normalized spacial score (nSPS) is 12.0. The highest BCUT2D eigenvalue weighted by Crippen LogP contribution is 2.22. The van der Waals surface area contributed by atoms with Crippen LogP contribution >= 0.6 is 23.5 Å². The van der Waals surface area contributed by atoms with Gasteiger partial charge in [-0.15, -0.1) is 23.5 Å². The number of aliphatic hydroxyl groups is 1. The van der Waals surface area contributed by atoms with Gasteiger partial charge in [0, 0.05) is 16.3 Å². The van der Waals surface area contributed by atoms with Crippen LogP contribution in [-0.2, 0) is 0 Å². The highest BCUT2D eigenvalue weighted by Gasteiger charge is 2.13. The lowest BCUT2D eigenvalue weighted by molar-refractivity contribution is 0.0913. The summed E-state index contributed by atoms with van der Waals surface area (Å²) in [6.07, 6.45) is 1.30. The van der Waals surface area contributed by atoms with Gasteiger partial charge in [0.05, 0.1) is 11.7 Å². The molecule has 0 aliphatic rings. The molecule has 0 unspecified atom stereocenters. The smallest absolute Gasteiger partial charge is 0.252 e. The summed E-state index contributed by atoms with van der Waals surface area (Å²) in [6, 6.07) is 15.3. The lowest BCUT2D eigenvalue weighted by Gasteiger charge is -2.14. The largest absolute Gasteiger partial charge is 0.387 e. The molecular weight excluding hydrogens is 326 g/mol. The second-order valence-electron chi connectivity index (χ2n) is 4.93. The number of aliphatic hydroxyl groups excluding tert-OH is 1. The van der Waals surface area contributed by atoms with Crippen LogP contribution in [-0.4, -0.2) is 29.6 Å². The summed E-state index contributed by atoms with van der Waals surface area (Å²) >= 11 is 3.30. The molecule has 0 aromatic heterocycles. The Balaban J connectivity index is 1.98. The Kier molecular flexibility index (Phi) is 7.02. The fraction of sp³-hybridized carbons (Fsp3) is 0.278. The van der Waals surface area contributed by atoms with Crippen molar-refractivity contribution in [2.45, 2.75) is 22.8 Å². The molecule has 0 saturated carbocycles. The van der Waals surface area contributed by atoms with E-state index in [2.05, 4.69) is 12.2 Å². The Labute approximate surface area is 145 Å². The number of hydrogen-bond acceptors (Lipinski definition) is 4. The molecule has 0 aliphatic heterocycles. The third-order valence-electron chi connectivity index (χ3n) is 3.39. The first-order valence-corrected chi connectivity index (χ1v) is 9.68. The molecule has 2 rings (SSSR count). The summed E-state index contributed by atoms with van der Waals surface area (Å²) in [7, 11) is 0. The molecule has 0 heterocycles. The zero-order valence-corrected chi connectivity index (χ0v) is 14.9. The third-order valence-corrected chi connectivity index (χ3v) is 5.09. The lowest BCUT2D eigenvalue weighted by atomic mass is 10.1. The minimum atomic E-state index is -0.708. The molecule has 0 radical (unpaired) electrons. The molecule has 23 heavy (non-hydrogen) atoms. The van der Waals surface area contributed by atoms with E-state index in [1.54, 1.807) is 23.5 Å². The van der Waals surface area contributed by atoms with Crippen molar-refractivity contribution in [3.8, 4) is 0 Å². The van der Waals surface area contributed by atoms with Gasteiger partial charge in [0.25, 0.3) is 5.91 Å². The van der Waals surface area contributed by atoms with Crippen LogP contribution in [0.15, 0.2) is 58.3 Å². The van der Waals surface area contributed by atoms with Crippen LogP contribution in [0.5, 0.6) is 0 Å². The number of nitrogens with one attached hydrogen (secondary N) is 1. The number of carbonyl (C=O) groups is 1. The standard InChI is InChI=1S/C18H21NO2S2/c1-3-23-17-7-5-4-6-15(17)18(21)19-12-16(20)13-8-10-14(22-2)11-9-13/h4-11,16,20H,3,12H2,1-2H3,(H,19,21)/t16-/m1/s1. The van der Waals surface area contributed by atoms with Gasteiger partial charge in [-0.2, -0.15) is 0 Å². The van der Waals surface area contributed by atoms with Gasteiger partial charge in [-0.05, 0) is 41.8 Å². The van der Waals surface area contributed by atoms with Gasteiger partial charge in [0.2, 0.25) is 0 Å². The summed E-state index contributed by atoms with van der Waals surface area (Å²) in [5.41, 5.74) is 1.46. The second-order valence-corrected chi connectivity index (χ2v) is 7.11. The zero-order chi connectivity index (χ0) is 16.7. The Bertz CT molecular complexity index is 644. The van der Waals surface area contributed by atoms with E-state index < -0.39 is 6.10 Å². The van der Waals surface area contributed by atoms with Crippen molar-refractivity contribution in [1.29, 1.82) is 0 Å². The van der Waals surface area contributed by atoms with E-state index in [0.29, 0.717) is 5.56 Å². The first-order valence-electron chi connectivity index (χ1n) is 7.47. The van der Waals surface area contributed by atoms with Crippen LogP contribution in [0, 0.1) is 0 Å². The van der Waals surface area contributed by atoms with Crippen LogP contribution < -0.4 is 5.32 Å². The van der Waals surface area contributed by atoms with E-state index >= 15 is 0 Å². The summed E-state index contributed by atoms with van der Waals surface area (Å²) in [6.45, 7) is 2.25. The van der Waals surface area contributed by atoms with Gasteiger partial charge < -0.3 is 10.4 Å². The topological polar surface area (TPSA) is 49.3 Å². The average Bonchev–Trinajstić information content (AvgIpc) is 2.60. The van der Waals surface area contributed by atoms with Crippen molar-refractivity contribution in [3.05, 3.63) is 59.7 Å². The molecule has 0 spiro atoms. The quantitative estimate of drug-likeness (QED) is 0.744. The fourth-order valence-electron chi connectivity index (χ4n) is 2.16. The maximum atomic E-state index is 12.3. The number of carbonyl (C=O) groups excluding carboxylic acids is 1. The molecule has 2 aromatic carbocycles. The summed E-state index contributed by atoms with van der Waals surface area (Å²) in [4.78, 5) is 14.5. The molecular formula is C18H21NO2S2. The van der Waals surface area contributed by atoms with Crippen molar-refractivity contribution in [1.82, 2.24) is 5.32 Å². The predicted molar refractivity (Wildman–Crippen MR) is 98.4 cm³/mol. The average molecular weight is 348 g/mol. The van der Waals surface area contributed by atoms with E-state index in [0.717, 1.165) is 21.1 Å². The van der Waals surface area contributed by atoms with Crippen molar-refractivity contribution in [3.63, 3.8) is 0 Å². The Morgan fingerprint density at radius 3 is 2.52 bits per heavy atom. The summed E-state index contributed by atoms with van der Waals surface area (Å²) in [5, 5.41) is 13.0. The van der Waals surface area contributed by atoms with Gasteiger partial charge in [-0.3, -0.25) is 4.79 Å². The molecule has 122 valence electrons. The van der Waals surface area contributed by atoms with Gasteiger partial charge in [0.15, 0.2) is 0 Å². The maximum absolute atomic E-state index is 12.3. The number of benzene rings is 2. The van der Waals surface area contributed by atoms with Crippen LogP contribution in [0.25, 0.3) is 0 Å². The van der Waals surface area contributed by atoms with Gasteiger partial charge in [-0.25, -0.2) is 0 Å². The highest BCUT2D eigenvalue weighted by molar-refractivity contribution is 7.99. The van der Waals surface area contributed by atoms with Crippen molar-refractivity contribution >= 4 is 29.4 Å². The molecule has 5 heteroatoms. The van der Waals surface area contributed by atoms with Gasteiger partial charge in [-0.1, -0.05) is 31.2 Å². The molecule has 0 bridgehead atoms. The Hall–Kier alpha value is -1.43. The monoisotopic (exact) mass is 347 g/mol. The molecule has 3 nitrogen and oxygen atoms in total. The van der Waals surface area contributed by atoms with Gasteiger partial charge in [0.1, 0.15) is 0 Å². The number of hydrogen-bond donors (Lipinski definition) is 2. The Morgan fingerprint density at radius 1 is 1.17 bits per heavy atom. The van der Waals surface area contributed by atoms with Crippen LogP contribution in [0.3, 0.4) is 0 Å². The SMILES string of the molecule is CCSc1ccccc1C(=O)NC[C@@H](O)c1ccc(SC)cc1. The molecule has 1 amide bonds. The van der Waals surface area contributed by atoms with E-state index in [1.807, 2.05) is 54.8 Å². The van der Waals surface area contributed by atoms with Crippen molar-refractivity contribution < 1.29 is 9.90 Å². The maximum Gasteiger partial charge on any atom is 0.252 e. The molecule has 2 N–H and O–H groups in total. The highest BCUT2D eigenvalue weighted by atomic mass is 32.2. The van der Waals surface area contributed by atoms with Crippen molar-refractivity contribution in [2.75, 3.05) is 18.6 Å². The minimum Gasteiger partial charge on any atom is -0.387 e. The van der Waals surface area contributed by atoms with Crippen LogP contribution in [0.1, 0.15) is 28.9 Å². The van der Waals surface area contributed by atoms with E-state index in [4.69, 9.17) is 0 Å². The Morgan fingerprint density at radius 2 is 1.87 bits per heavy atom. The second kappa shape index (κ2) is 9.01. The molecule has 1 atom stereocenters. The number of thioether (sulfide) groups is 2. The van der Waals surface area contributed by atoms with Crippen LogP contribution in [0.4, 0.5) is 0 Å². The first-order chi connectivity index (χ1) is 11.2. The predicted octanol–water partition coefficient (Wildman–Crippen LogP) is 3.98. The minimum absolute atomic E-state index is 0.152. The van der Waals surface area contributed by atoms with E-state index in [1.165, 1.54) is 0 Å². The molecule has 0 saturated heterocycles. The summed E-state index contributed by atoms with van der Waals surface area (Å²) in [5.74, 6) is 0.760. The van der Waals surface area contributed by atoms with Crippen LogP contribution in [0.2, 0.25) is 0 Å². The number of rotatable bonds is 7. The third kappa shape index (κ3) is 5.03. The molecule has 0 fully saturated rings. The molecule has 0 aliphatic carbocycles.